The Morgan fingerprint density at radius 2 is 2.06 bits per heavy atom. The molecule has 0 aliphatic heterocycles. The lowest BCUT2D eigenvalue weighted by Crippen LogP contribution is -2.13. The van der Waals surface area contributed by atoms with Crippen LogP contribution in [-0.2, 0) is 12.7 Å². The third-order valence-electron chi connectivity index (χ3n) is 2.83. The van der Waals surface area contributed by atoms with Crippen LogP contribution in [0.1, 0.15) is 31.3 Å². The fourth-order valence-corrected chi connectivity index (χ4v) is 2.00. The van der Waals surface area contributed by atoms with Crippen LogP contribution in [0.25, 0.3) is 11.0 Å². The molecule has 2 aromatic rings. The lowest BCUT2D eigenvalue weighted by Gasteiger charge is -2.10. The van der Waals surface area contributed by atoms with Crippen molar-refractivity contribution in [3.05, 3.63) is 29.6 Å². The first-order valence-corrected chi connectivity index (χ1v) is 5.67. The van der Waals surface area contributed by atoms with E-state index in [-0.39, 0.29) is 6.04 Å². The van der Waals surface area contributed by atoms with Gasteiger partial charge in [-0.25, -0.2) is 4.98 Å². The van der Waals surface area contributed by atoms with Gasteiger partial charge in [-0.05, 0) is 32.0 Å². The number of hydrogen-bond donors (Lipinski definition) is 1. The molecular weight excluding hydrogens is 243 g/mol. The molecule has 0 fully saturated rings. The van der Waals surface area contributed by atoms with E-state index in [0.717, 1.165) is 12.1 Å². The highest BCUT2D eigenvalue weighted by atomic mass is 19.4. The lowest BCUT2D eigenvalue weighted by atomic mass is 10.2. The van der Waals surface area contributed by atoms with Gasteiger partial charge in [0.15, 0.2) is 0 Å². The molecule has 6 heteroatoms. The summed E-state index contributed by atoms with van der Waals surface area (Å²) in [6, 6.07) is 3.24. The maximum atomic E-state index is 12.7. The van der Waals surface area contributed by atoms with Crippen molar-refractivity contribution in [2.24, 2.45) is 5.73 Å². The highest BCUT2D eigenvalue weighted by molar-refractivity contribution is 5.77. The highest BCUT2D eigenvalue weighted by Crippen LogP contribution is 2.32. The molecule has 1 aromatic heterocycles. The Morgan fingerprint density at radius 3 is 2.56 bits per heavy atom. The van der Waals surface area contributed by atoms with Crippen molar-refractivity contribution in [1.29, 1.82) is 0 Å². The number of benzene rings is 1. The molecule has 0 spiro atoms. The van der Waals surface area contributed by atoms with Gasteiger partial charge in [-0.1, -0.05) is 0 Å². The molecule has 1 atom stereocenters. The summed E-state index contributed by atoms with van der Waals surface area (Å²) >= 11 is 0. The van der Waals surface area contributed by atoms with Gasteiger partial charge in [0.05, 0.1) is 22.6 Å². The Balaban J connectivity index is 2.68. The largest absolute Gasteiger partial charge is 0.416 e. The molecule has 1 aromatic carbocycles. The Hall–Kier alpha value is -1.56. The third kappa shape index (κ3) is 2.08. The molecule has 1 heterocycles. The summed E-state index contributed by atoms with van der Waals surface area (Å²) in [5.41, 5.74) is 6.12. The Labute approximate surface area is 102 Å². The molecule has 0 aliphatic rings. The van der Waals surface area contributed by atoms with Crippen LogP contribution >= 0.6 is 0 Å². The number of nitrogens with two attached hydrogens (primary N) is 1. The average molecular weight is 257 g/mol. The number of nitrogens with zero attached hydrogens (tertiary/aromatic N) is 2. The molecule has 18 heavy (non-hydrogen) atoms. The number of aromatic nitrogens is 2. The smallest absolute Gasteiger partial charge is 0.327 e. The second-order valence-corrected chi connectivity index (χ2v) is 4.20. The molecule has 0 radical (unpaired) electrons. The Kier molecular flexibility index (Phi) is 3.06. The summed E-state index contributed by atoms with van der Waals surface area (Å²) in [4.78, 5) is 4.28. The molecule has 0 saturated carbocycles. The number of fused-ring (bicyclic) bond motifs is 1. The summed E-state index contributed by atoms with van der Waals surface area (Å²) in [6.45, 7) is 4.15. The van der Waals surface area contributed by atoms with Crippen molar-refractivity contribution in [3.8, 4) is 0 Å². The summed E-state index contributed by atoms with van der Waals surface area (Å²) in [7, 11) is 0. The fraction of sp³-hybridized carbons (Fsp3) is 0.417. The van der Waals surface area contributed by atoms with E-state index in [1.807, 2.05) is 6.92 Å². The van der Waals surface area contributed by atoms with E-state index >= 15 is 0 Å². The maximum Gasteiger partial charge on any atom is 0.416 e. The minimum atomic E-state index is -4.34. The van der Waals surface area contributed by atoms with Crippen LogP contribution in [0.2, 0.25) is 0 Å². The van der Waals surface area contributed by atoms with E-state index in [4.69, 9.17) is 5.73 Å². The number of aryl methyl sites for hydroxylation is 1. The van der Waals surface area contributed by atoms with Crippen molar-refractivity contribution < 1.29 is 13.2 Å². The number of hydrogen-bond acceptors (Lipinski definition) is 2. The van der Waals surface area contributed by atoms with Crippen LogP contribution in [0, 0.1) is 0 Å². The first-order chi connectivity index (χ1) is 8.34. The summed E-state index contributed by atoms with van der Waals surface area (Å²) in [5.74, 6) is 0.604. The number of imidazole rings is 1. The van der Waals surface area contributed by atoms with Gasteiger partial charge in [0, 0.05) is 6.54 Å². The van der Waals surface area contributed by atoms with E-state index in [0.29, 0.717) is 23.4 Å². The highest BCUT2D eigenvalue weighted by Gasteiger charge is 2.31. The quantitative estimate of drug-likeness (QED) is 0.898. The Morgan fingerprint density at radius 1 is 1.39 bits per heavy atom. The van der Waals surface area contributed by atoms with Gasteiger partial charge in [-0.3, -0.25) is 0 Å². The van der Waals surface area contributed by atoms with Gasteiger partial charge in [-0.2, -0.15) is 13.2 Å². The van der Waals surface area contributed by atoms with Gasteiger partial charge in [0.2, 0.25) is 0 Å². The summed E-state index contributed by atoms with van der Waals surface area (Å²) in [5, 5.41) is 0. The second kappa shape index (κ2) is 4.28. The number of alkyl halides is 3. The number of rotatable bonds is 2. The average Bonchev–Trinajstić information content (AvgIpc) is 2.65. The van der Waals surface area contributed by atoms with Gasteiger partial charge < -0.3 is 10.3 Å². The standard InChI is InChI=1S/C12H14F3N3/c1-3-18-10-6-8(12(13,14)15)4-5-9(10)17-11(18)7(2)16/h4-7H,3,16H2,1-2H3/t7-/m0/s1. The van der Waals surface area contributed by atoms with Crippen LogP contribution in [0.3, 0.4) is 0 Å². The summed E-state index contributed by atoms with van der Waals surface area (Å²) < 4.78 is 39.7. The predicted octanol–water partition coefficient (Wildman–Crippen LogP) is 3.09. The monoisotopic (exact) mass is 257 g/mol. The zero-order chi connectivity index (χ0) is 13.5. The van der Waals surface area contributed by atoms with Crippen LogP contribution in [0.15, 0.2) is 18.2 Å². The molecular formula is C12H14F3N3. The molecule has 2 rings (SSSR count). The van der Waals surface area contributed by atoms with Gasteiger partial charge in [-0.15, -0.1) is 0 Å². The summed E-state index contributed by atoms with van der Waals surface area (Å²) in [6.07, 6.45) is -4.34. The van der Waals surface area contributed by atoms with E-state index in [1.165, 1.54) is 6.07 Å². The minimum absolute atomic E-state index is 0.313. The predicted molar refractivity (Wildman–Crippen MR) is 63.0 cm³/mol. The zero-order valence-electron chi connectivity index (χ0n) is 10.1. The van der Waals surface area contributed by atoms with Crippen molar-refractivity contribution in [1.82, 2.24) is 9.55 Å². The van der Waals surface area contributed by atoms with Crippen LogP contribution < -0.4 is 5.73 Å². The van der Waals surface area contributed by atoms with Crippen LogP contribution in [0.4, 0.5) is 13.2 Å². The molecule has 0 unspecified atom stereocenters. The topological polar surface area (TPSA) is 43.8 Å². The van der Waals surface area contributed by atoms with E-state index in [2.05, 4.69) is 4.98 Å². The van der Waals surface area contributed by atoms with Crippen molar-refractivity contribution in [2.75, 3.05) is 0 Å². The molecule has 0 saturated heterocycles. The van der Waals surface area contributed by atoms with Gasteiger partial charge in [0.25, 0.3) is 0 Å². The normalized spacial score (nSPS) is 14.1. The molecule has 0 bridgehead atoms. The van der Waals surface area contributed by atoms with E-state index < -0.39 is 11.7 Å². The van der Waals surface area contributed by atoms with Crippen molar-refractivity contribution in [3.63, 3.8) is 0 Å². The second-order valence-electron chi connectivity index (χ2n) is 4.20. The zero-order valence-corrected chi connectivity index (χ0v) is 10.1. The number of halogens is 3. The van der Waals surface area contributed by atoms with E-state index in [1.54, 1.807) is 11.5 Å². The molecule has 3 nitrogen and oxygen atoms in total. The van der Waals surface area contributed by atoms with Crippen molar-refractivity contribution in [2.45, 2.75) is 32.6 Å². The van der Waals surface area contributed by atoms with Crippen molar-refractivity contribution >= 4 is 11.0 Å². The molecule has 2 N–H and O–H groups in total. The first-order valence-electron chi connectivity index (χ1n) is 5.67. The molecule has 0 amide bonds. The Bertz CT molecular complexity index is 570. The van der Waals surface area contributed by atoms with Gasteiger partial charge in [0.1, 0.15) is 5.82 Å². The minimum Gasteiger partial charge on any atom is -0.327 e. The van der Waals surface area contributed by atoms with E-state index in [9.17, 15) is 13.2 Å². The maximum absolute atomic E-state index is 12.7. The molecule has 98 valence electrons. The SMILES string of the molecule is CCn1c([C@H](C)N)nc2ccc(C(F)(F)F)cc21. The third-order valence-corrected chi connectivity index (χ3v) is 2.83. The van der Waals surface area contributed by atoms with Crippen LogP contribution in [0.5, 0.6) is 0 Å². The fourth-order valence-electron chi connectivity index (χ4n) is 2.00. The van der Waals surface area contributed by atoms with Crippen LogP contribution in [-0.4, -0.2) is 9.55 Å². The molecule has 0 aliphatic carbocycles. The van der Waals surface area contributed by atoms with Gasteiger partial charge >= 0.3 is 6.18 Å². The lowest BCUT2D eigenvalue weighted by molar-refractivity contribution is -0.137. The first kappa shape index (κ1) is 12.9.